The fraction of sp³-hybridized carbons (Fsp3) is 0.938. The Morgan fingerprint density at radius 2 is 1.45 bits per heavy atom. The van der Waals surface area contributed by atoms with Gasteiger partial charge in [-0.05, 0) is 6.42 Å². The van der Waals surface area contributed by atoms with Crippen molar-refractivity contribution < 1.29 is 19.4 Å². The normalized spacial score (nSPS) is 17.4. The first-order valence-electron chi connectivity index (χ1n) is 8.18. The van der Waals surface area contributed by atoms with E-state index in [1.807, 2.05) is 0 Å². The second-order valence-electron chi connectivity index (χ2n) is 5.76. The Morgan fingerprint density at radius 3 is 1.95 bits per heavy atom. The Bertz CT molecular complexity index is 259. The summed E-state index contributed by atoms with van der Waals surface area (Å²) in [5, 5.41) is 8.92. The van der Waals surface area contributed by atoms with Crippen molar-refractivity contribution in [3.8, 4) is 0 Å². The van der Waals surface area contributed by atoms with Crippen LogP contribution in [0.15, 0.2) is 0 Å². The van der Waals surface area contributed by atoms with Crippen LogP contribution in [0.1, 0.15) is 77.6 Å². The fourth-order valence-corrected chi connectivity index (χ4v) is 2.77. The summed E-state index contributed by atoms with van der Waals surface area (Å²) in [5.41, 5.74) is 0. The van der Waals surface area contributed by atoms with Crippen molar-refractivity contribution in [1.82, 2.24) is 0 Å². The molecule has 4 nitrogen and oxygen atoms in total. The predicted octanol–water partition coefficient (Wildman–Crippen LogP) is 4.13. The number of hydrogen-bond acceptors (Lipinski definition) is 3. The molecular formula is C16H30O4. The van der Waals surface area contributed by atoms with Crippen LogP contribution in [-0.4, -0.2) is 30.1 Å². The summed E-state index contributed by atoms with van der Waals surface area (Å²) in [4.78, 5) is 10.9. The van der Waals surface area contributed by atoms with Crippen LogP contribution in [0.3, 0.4) is 0 Å². The van der Waals surface area contributed by atoms with Gasteiger partial charge in [0.25, 0.3) is 0 Å². The van der Waals surface area contributed by atoms with E-state index in [-0.39, 0.29) is 6.42 Å². The van der Waals surface area contributed by atoms with E-state index in [1.54, 1.807) is 0 Å². The lowest BCUT2D eigenvalue weighted by Crippen LogP contribution is -2.33. The average molecular weight is 286 g/mol. The summed E-state index contributed by atoms with van der Waals surface area (Å²) in [5.74, 6) is -1.68. The van der Waals surface area contributed by atoms with Gasteiger partial charge >= 0.3 is 5.97 Å². The lowest BCUT2D eigenvalue weighted by atomic mass is 10.0. The van der Waals surface area contributed by atoms with Crippen molar-refractivity contribution in [2.24, 2.45) is 0 Å². The quantitative estimate of drug-likeness (QED) is 0.548. The zero-order valence-corrected chi connectivity index (χ0v) is 12.9. The molecule has 0 aromatic heterocycles. The van der Waals surface area contributed by atoms with Crippen molar-refractivity contribution in [3.05, 3.63) is 0 Å². The monoisotopic (exact) mass is 286 g/mol. The van der Waals surface area contributed by atoms with E-state index in [1.165, 1.54) is 44.9 Å². The minimum absolute atomic E-state index is 0.0377. The second kappa shape index (κ2) is 10.2. The van der Waals surface area contributed by atoms with Gasteiger partial charge in [-0.25, -0.2) is 0 Å². The molecule has 118 valence electrons. The highest BCUT2D eigenvalue weighted by atomic mass is 16.7. The second-order valence-corrected chi connectivity index (χ2v) is 5.76. The van der Waals surface area contributed by atoms with E-state index in [9.17, 15) is 4.79 Å². The number of unbranched alkanes of at least 4 members (excludes halogenated alkanes) is 8. The molecule has 1 rings (SSSR count). The molecule has 0 bridgehead atoms. The van der Waals surface area contributed by atoms with E-state index >= 15 is 0 Å². The third-order valence-corrected chi connectivity index (χ3v) is 3.90. The minimum atomic E-state index is -0.845. The largest absolute Gasteiger partial charge is 0.481 e. The number of aliphatic carboxylic acids is 1. The molecule has 0 aliphatic carbocycles. The Morgan fingerprint density at radius 1 is 0.950 bits per heavy atom. The third-order valence-electron chi connectivity index (χ3n) is 3.90. The van der Waals surface area contributed by atoms with Crippen molar-refractivity contribution in [2.45, 2.75) is 83.3 Å². The molecule has 20 heavy (non-hydrogen) atoms. The van der Waals surface area contributed by atoms with Crippen molar-refractivity contribution >= 4 is 5.97 Å². The molecule has 1 heterocycles. The zero-order valence-electron chi connectivity index (χ0n) is 12.9. The fourth-order valence-electron chi connectivity index (χ4n) is 2.77. The van der Waals surface area contributed by atoms with Crippen LogP contribution >= 0.6 is 0 Å². The van der Waals surface area contributed by atoms with Gasteiger partial charge in [0.2, 0.25) is 0 Å². The van der Waals surface area contributed by atoms with Gasteiger partial charge in [0, 0.05) is 6.42 Å². The summed E-state index contributed by atoms with van der Waals surface area (Å²) in [7, 11) is 0. The standard InChI is InChI=1S/C16H30O4/c1-2-3-4-5-6-7-8-9-10-11-16(14-15(17)18)19-12-13-20-16/h2-14H2,1H3,(H,17,18). The maximum absolute atomic E-state index is 10.9. The molecule has 0 saturated carbocycles. The molecule has 0 aromatic rings. The summed E-state index contributed by atoms with van der Waals surface area (Å²) in [6, 6.07) is 0. The van der Waals surface area contributed by atoms with Gasteiger partial charge in [-0.3, -0.25) is 4.79 Å². The van der Waals surface area contributed by atoms with Crippen molar-refractivity contribution in [3.63, 3.8) is 0 Å². The van der Waals surface area contributed by atoms with E-state index in [0.29, 0.717) is 19.6 Å². The molecule has 1 aliphatic rings. The highest BCUT2D eigenvalue weighted by Gasteiger charge is 2.38. The summed E-state index contributed by atoms with van der Waals surface area (Å²) in [6.07, 6.45) is 12.0. The molecular weight excluding hydrogens is 256 g/mol. The first-order chi connectivity index (χ1) is 9.68. The Hall–Kier alpha value is -0.610. The SMILES string of the molecule is CCCCCCCCCCCC1(CC(=O)O)OCCO1. The zero-order chi connectivity index (χ0) is 14.7. The van der Waals surface area contributed by atoms with Crippen LogP contribution in [0.5, 0.6) is 0 Å². The molecule has 1 saturated heterocycles. The molecule has 0 atom stereocenters. The topological polar surface area (TPSA) is 55.8 Å². The molecule has 4 heteroatoms. The van der Waals surface area contributed by atoms with Crippen LogP contribution in [-0.2, 0) is 14.3 Å². The predicted molar refractivity (Wildman–Crippen MR) is 78.7 cm³/mol. The van der Waals surface area contributed by atoms with Crippen molar-refractivity contribution in [2.75, 3.05) is 13.2 Å². The van der Waals surface area contributed by atoms with E-state index < -0.39 is 11.8 Å². The van der Waals surface area contributed by atoms with Crippen LogP contribution in [0.25, 0.3) is 0 Å². The molecule has 0 aromatic carbocycles. The smallest absolute Gasteiger partial charge is 0.308 e. The molecule has 0 unspecified atom stereocenters. The van der Waals surface area contributed by atoms with Crippen molar-refractivity contribution in [1.29, 1.82) is 0 Å². The first-order valence-corrected chi connectivity index (χ1v) is 8.18. The summed E-state index contributed by atoms with van der Waals surface area (Å²) >= 11 is 0. The first kappa shape index (κ1) is 17.4. The summed E-state index contributed by atoms with van der Waals surface area (Å²) < 4.78 is 11.0. The van der Waals surface area contributed by atoms with E-state index in [4.69, 9.17) is 14.6 Å². The Kier molecular flexibility index (Phi) is 8.86. The van der Waals surface area contributed by atoms with Gasteiger partial charge in [-0.2, -0.15) is 0 Å². The van der Waals surface area contributed by atoms with Gasteiger partial charge in [-0.15, -0.1) is 0 Å². The number of carboxylic acids is 1. The number of hydrogen-bond donors (Lipinski definition) is 1. The van der Waals surface area contributed by atoms with Gasteiger partial charge < -0.3 is 14.6 Å². The molecule has 1 aliphatic heterocycles. The Balaban J connectivity index is 2.02. The lowest BCUT2D eigenvalue weighted by molar-refractivity contribution is -0.182. The molecule has 0 radical (unpaired) electrons. The number of rotatable bonds is 12. The van der Waals surface area contributed by atoms with Crippen LogP contribution in [0, 0.1) is 0 Å². The molecule has 0 amide bonds. The number of carboxylic acid groups (broad SMARTS) is 1. The maximum atomic E-state index is 10.9. The van der Waals surface area contributed by atoms with E-state index in [2.05, 4.69) is 6.92 Å². The third kappa shape index (κ3) is 7.25. The highest BCUT2D eigenvalue weighted by molar-refractivity contribution is 5.67. The lowest BCUT2D eigenvalue weighted by Gasteiger charge is -2.25. The number of ether oxygens (including phenoxy) is 2. The highest BCUT2D eigenvalue weighted by Crippen LogP contribution is 2.29. The van der Waals surface area contributed by atoms with Crippen LogP contribution < -0.4 is 0 Å². The van der Waals surface area contributed by atoms with E-state index in [0.717, 1.165) is 12.8 Å². The van der Waals surface area contributed by atoms with Gasteiger partial charge in [0.15, 0.2) is 5.79 Å². The van der Waals surface area contributed by atoms with Gasteiger partial charge in [0.1, 0.15) is 0 Å². The maximum Gasteiger partial charge on any atom is 0.308 e. The van der Waals surface area contributed by atoms with Crippen LogP contribution in [0.2, 0.25) is 0 Å². The van der Waals surface area contributed by atoms with Gasteiger partial charge in [0.05, 0.1) is 19.6 Å². The minimum Gasteiger partial charge on any atom is -0.481 e. The molecule has 1 N–H and O–H groups in total. The van der Waals surface area contributed by atoms with Gasteiger partial charge in [-0.1, -0.05) is 58.3 Å². The Labute approximate surface area is 122 Å². The molecule has 0 spiro atoms. The summed E-state index contributed by atoms with van der Waals surface area (Å²) in [6.45, 7) is 3.27. The molecule has 1 fully saturated rings. The van der Waals surface area contributed by atoms with Crippen LogP contribution in [0.4, 0.5) is 0 Å². The average Bonchev–Trinajstić information content (AvgIpc) is 2.85. The number of carbonyl (C=O) groups is 1.